The van der Waals surface area contributed by atoms with E-state index >= 15 is 0 Å². The Labute approximate surface area is 144 Å². The van der Waals surface area contributed by atoms with Crippen LogP contribution in [-0.4, -0.2) is 59.8 Å². The Hall–Kier alpha value is -1.43. The molecule has 0 unspecified atom stereocenters. The zero-order valence-corrected chi connectivity index (χ0v) is 14.7. The number of carbonyl (C=O) groups is 1. The second-order valence-corrected chi connectivity index (χ2v) is 7.40. The van der Waals surface area contributed by atoms with Crippen molar-refractivity contribution in [3.63, 3.8) is 0 Å². The van der Waals surface area contributed by atoms with E-state index in [1.54, 1.807) is 0 Å². The Morgan fingerprint density at radius 1 is 1.21 bits per heavy atom. The molecule has 132 valence electrons. The molecule has 0 aromatic heterocycles. The summed E-state index contributed by atoms with van der Waals surface area (Å²) < 4.78 is 0. The molecule has 2 fully saturated rings. The van der Waals surface area contributed by atoms with Crippen molar-refractivity contribution in [2.75, 3.05) is 31.1 Å². The molecule has 2 heterocycles. The Morgan fingerprint density at radius 2 is 1.88 bits per heavy atom. The minimum absolute atomic E-state index is 0.0130. The van der Waals surface area contributed by atoms with Gasteiger partial charge in [-0.05, 0) is 31.4 Å². The highest BCUT2D eigenvalue weighted by atomic mass is 16.3. The highest BCUT2D eigenvalue weighted by molar-refractivity contribution is 5.99. The van der Waals surface area contributed by atoms with Gasteiger partial charge in [-0.15, -0.1) is 0 Å². The molecule has 2 aliphatic rings. The van der Waals surface area contributed by atoms with Gasteiger partial charge in [0.15, 0.2) is 0 Å². The number of para-hydroxylation sites is 1. The minimum atomic E-state index is -0.189. The van der Waals surface area contributed by atoms with E-state index in [9.17, 15) is 9.90 Å². The maximum absolute atomic E-state index is 12.8. The first kappa shape index (κ1) is 17.4. The molecular weight excluding hydrogens is 302 g/mol. The third-order valence-electron chi connectivity index (χ3n) is 5.34. The highest BCUT2D eigenvalue weighted by Gasteiger charge is 2.41. The molecule has 2 N–H and O–H groups in total. The molecule has 2 saturated heterocycles. The van der Waals surface area contributed by atoms with Crippen LogP contribution in [0.5, 0.6) is 0 Å². The largest absolute Gasteiger partial charge is 0.394 e. The van der Waals surface area contributed by atoms with Gasteiger partial charge in [0.1, 0.15) is 0 Å². The van der Waals surface area contributed by atoms with Crippen LogP contribution in [0.25, 0.3) is 0 Å². The zero-order valence-electron chi connectivity index (χ0n) is 14.7. The van der Waals surface area contributed by atoms with E-state index in [0.717, 1.165) is 44.6 Å². The average molecular weight is 331 g/mol. The van der Waals surface area contributed by atoms with Crippen LogP contribution in [0.2, 0.25) is 0 Å². The molecule has 0 aliphatic carbocycles. The monoisotopic (exact) mass is 331 g/mol. The predicted molar refractivity (Wildman–Crippen MR) is 96.1 cm³/mol. The van der Waals surface area contributed by atoms with Crippen LogP contribution in [-0.2, 0) is 4.79 Å². The van der Waals surface area contributed by atoms with Gasteiger partial charge in [-0.25, -0.2) is 0 Å². The van der Waals surface area contributed by atoms with E-state index in [-0.39, 0.29) is 24.1 Å². The topological polar surface area (TPSA) is 55.8 Å². The summed E-state index contributed by atoms with van der Waals surface area (Å²) in [5.41, 5.74) is 0.805. The molecule has 5 heteroatoms. The van der Waals surface area contributed by atoms with Gasteiger partial charge < -0.3 is 15.3 Å². The Bertz CT molecular complexity index is 553. The molecule has 1 aromatic rings. The highest BCUT2D eigenvalue weighted by Crippen LogP contribution is 2.29. The summed E-state index contributed by atoms with van der Waals surface area (Å²) in [5, 5.41) is 13.4. The van der Waals surface area contributed by atoms with Crippen LogP contribution in [0.15, 0.2) is 30.3 Å². The van der Waals surface area contributed by atoms with E-state index in [4.69, 9.17) is 0 Å². The number of amides is 1. The standard InChI is InChI=1S/C19H29N3O2/c1-15(2)20-19(14-23)9-12-21(13-10-19)17-8-11-22(18(17)24)16-6-4-3-5-7-16/h3-7,15,17,20,23H,8-14H2,1-2H3/t17-/m0/s1. The summed E-state index contributed by atoms with van der Waals surface area (Å²) in [6.45, 7) is 6.90. The van der Waals surface area contributed by atoms with Gasteiger partial charge in [0.05, 0.1) is 12.6 Å². The Morgan fingerprint density at radius 3 is 2.46 bits per heavy atom. The smallest absolute Gasteiger partial charge is 0.244 e. The predicted octanol–water partition coefficient (Wildman–Crippen LogP) is 1.62. The number of rotatable bonds is 5. The summed E-state index contributed by atoms with van der Waals surface area (Å²) in [4.78, 5) is 17.0. The number of carbonyl (C=O) groups excluding carboxylic acids is 1. The molecule has 1 atom stereocenters. The molecule has 2 aliphatic heterocycles. The van der Waals surface area contributed by atoms with Crippen molar-refractivity contribution in [1.29, 1.82) is 0 Å². The van der Waals surface area contributed by atoms with Gasteiger partial charge in [-0.2, -0.15) is 0 Å². The second-order valence-electron chi connectivity index (χ2n) is 7.40. The lowest BCUT2D eigenvalue weighted by Gasteiger charge is -2.44. The minimum Gasteiger partial charge on any atom is -0.394 e. The number of hydrogen-bond acceptors (Lipinski definition) is 4. The number of nitrogens with one attached hydrogen (secondary N) is 1. The first-order valence-electron chi connectivity index (χ1n) is 9.04. The lowest BCUT2D eigenvalue weighted by atomic mass is 9.86. The first-order valence-corrected chi connectivity index (χ1v) is 9.04. The van der Waals surface area contributed by atoms with E-state index in [2.05, 4.69) is 24.1 Å². The van der Waals surface area contributed by atoms with Gasteiger partial charge in [0.25, 0.3) is 0 Å². The fraction of sp³-hybridized carbons (Fsp3) is 0.632. The quantitative estimate of drug-likeness (QED) is 0.861. The van der Waals surface area contributed by atoms with Crippen molar-refractivity contribution in [3.05, 3.63) is 30.3 Å². The summed E-state index contributed by atoms with van der Waals surface area (Å²) in [5.74, 6) is 0.217. The van der Waals surface area contributed by atoms with Crippen LogP contribution >= 0.6 is 0 Å². The van der Waals surface area contributed by atoms with E-state index in [0.29, 0.717) is 6.04 Å². The number of likely N-dealkylation sites (tertiary alicyclic amines) is 1. The van der Waals surface area contributed by atoms with Crippen molar-refractivity contribution in [2.45, 2.75) is 50.7 Å². The SMILES string of the molecule is CC(C)NC1(CO)CCN([C@H]2CCN(c3ccccc3)C2=O)CC1. The van der Waals surface area contributed by atoms with E-state index < -0.39 is 0 Å². The summed E-state index contributed by atoms with van der Waals surface area (Å²) in [6, 6.07) is 10.3. The molecule has 24 heavy (non-hydrogen) atoms. The molecule has 0 spiro atoms. The van der Waals surface area contributed by atoms with Crippen LogP contribution in [0.3, 0.4) is 0 Å². The third kappa shape index (κ3) is 3.48. The molecular formula is C19H29N3O2. The number of aliphatic hydroxyl groups excluding tert-OH is 1. The van der Waals surface area contributed by atoms with Gasteiger partial charge in [0.2, 0.25) is 5.91 Å². The fourth-order valence-corrected chi connectivity index (χ4v) is 4.09. The second kappa shape index (κ2) is 7.21. The van der Waals surface area contributed by atoms with Crippen LogP contribution in [0.4, 0.5) is 5.69 Å². The van der Waals surface area contributed by atoms with Crippen molar-refractivity contribution >= 4 is 11.6 Å². The lowest BCUT2D eigenvalue weighted by molar-refractivity contribution is -0.122. The van der Waals surface area contributed by atoms with Gasteiger partial charge in [-0.3, -0.25) is 9.69 Å². The lowest BCUT2D eigenvalue weighted by Crippen LogP contribution is -2.59. The molecule has 1 aromatic carbocycles. The normalized spacial score (nSPS) is 24.8. The maximum Gasteiger partial charge on any atom is 0.244 e. The van der Waals surface area contributed by atoms with Gasteiger partial charge in [-0.1, -0.05) is 32.0 Å². The molecule has 1 amide bonds. The van der Waals surface area contributed by atoms with Crippen LogP contribution in [0, 0.1) is 0 Å². The fourth-order valence-electron chi connectivity index (χ4n) is 4.09. The molecule has 0 radical (unpaired) electrons. The van der Waals surface area contributed by atoms with E-state index in [1.807, 2.05) is 35.2 Å². The third-order valence-corrected chi connectivity index (χ3v) is 5.34. The zero-order chi connectivity index (χ0) is 17.2. The van der Waals surface area contributed by atoms with Crippen molar-refractivity contribution in [1.82, 2.24) is 10.2 Å². The Balaban J connectivity index is 1.62. The Kier molecular flexibility index (Phi) is 5.23. The molecule has 3 rings (SSSR count). The van der Waals surface area contributed by atoms with Crippen molar-refractivity contribution in [2.24, 2.45) is 0 Å². The summed E-state index contributed by atoms with van der Waals surface area (Å²) in [6.07, 6.45) is 2.66. The van der Waals surface area contributed by atoms with Crippen molar-refractivity contribution in [3.8, 4) is 0 Å². The molecule has 0 saturated carbocycles. The van der Waals surface area contributed by atoms with Gasteiger partial charge >= 0.3 is 0 Å². The number of hydrogen-bond donors (Lipinski definition) is 2. The molecule has 5 nitrogen and oxygen atoms in total. The molecule has 0 bridgehead atoms. The number of nitrogens with zero attached hydrogens (tertiary/aromatic N) is 2. The van der Waals surface area contributed by atoms with Crippen molar-refractivity contribution < 1.29 is 9.90 Å². The van der Waals surface area contributed by atoms with Crippen LogP contribution in [0.1, 0.15) is 33.1 Å². The maximum atomic E-state index is 12.8. The summed E-state index contributed by atoms with van der Waals surface area (Å²) >= 11 is 0. The number of aliphatic hydroxyl groups is 1. The average Bonchev–Trinajstić information content (AvgIpc) is 2.97. The van der Waals surface area contributed by atoms with Gasteiger partial charge in [0, 0.05) is 36.9 Å². The summed E-state index contributed by atoms with van der Waals surface area (Å²) in [7, 11) is 0. The number of piperidine rings is 1. The number of benzene rings is 1. The van der Waals surface area contributed by atoms with E-state index in [1.165, 1.54) is 0 Å². The van der Waals surface area contributed by atoms with Crippen LogP contribution < -0.4 is 10.2 Å². The first-order chi connectivity index (χ1) is 11.5. The number of anilines is 1.